The van der Waals surface area contributed by atoms with E-state index in [1.54, 1.807) is 12.1 Å². The molecule has 0 saturated heterocycles. The summed E-state index contributed by atoms with van der Waals surface area (Å²) in [6, 6.07) is 14.5. The molecular formula is C24H28F2N2O3. The third-order valence-electron chi connectivity index (χ3n) is 4.57. The van der Waals surface area contributed by atoms with Crippen molar-refractivity contribution in [3.63, 3.8) is 0 Å². The lowest BCUT2D eigenvalue weighted by Crippen LogP contribution is -2.38. The lowest BCUT2D eigenvalue weighted by molar-refractivity contribution is 0.0906. The molecule has 1 atom stereocenters. The maximum Gasteiger partial charge on any atom is 0.287 e. The second-order valence-corrected chi connectivity index (χ2v) is 7.08. The number of amides is 1. The van der Waals surface area contributed by atoms with Crippen LogP contribution in [0, 0.1) is 18.6 Å². The quantitative estimate of drug-likeness (QED) is 0.449. The highest BCUT2D eigenvalue weighted by atomic mass is 19.1. The molecular weight excluding hydrogens is 402 g/mol. The fourth-order valence-corrected chi connectivity index (χ4v) is 3.23. The van der Waals surface area contributed by atoms with Crippen LogP contribution in [0.1, 0.15) is 33.7 Å². The molecule has 0 radical (unpaired) electrons. The number of rotatable bonds is 9. The number of halogens is 2. The third-order valence-corrected chi connectivity index (χ3v) is 4.57. The minimum Gasteiger partial charge on any atom is -0.459 e. The minimum absolute atomic E-state index is 0.202. The van der Waals surface area contributed by atoms with E-state index in [1.807, 2.05) is 25.1 Å². The van der Waals surface area contributed by atoms with Crippen molar-refractivity contribution in [1.29, 1.82) is 0 Å². The van der Waals surface area contributed by atoms with E-state index in [-0.39, 0.29) is 17.7 Å². The van der Waals surface area contributed by atoms with E-state index in [0.29, 0.717) is 31.5 Å². The molecule has 31 heavy (non-hydrogen) atoms. The number of hydrogen-bond acceptors (Lipinski definition) is 4. The van der Waals surface area contributed by atoms with Crippen molar-refractivity contribution in [1.82, 2.24) is 10.6 Å². The molecule has 3 aromatic rings. The topological polar surface area (TPSA) is 74.5 Å². The Morgan fingerprint density at radius 3 is 2.42 bits per heavy atom. The van der Waals surface area contributed by atoms with E-state index in [1.165, 1.54) is 29.5 Å². The number of aliphatic hydroxyl groups is 1. The summed E-state index contributed by atoms with van der Waals surface area (Å²) in [6.45, 7) is 3.38. The fourth-order valence-electron chi connectivity index (χ4n) is 3.23. The van der Waals surface area contributed by atoms with Gasteiger partial charge in [-0.05, 0) is 61.7 Å². The van der Waals surface area contributed by atoms with E-state index in [9.17, 15) is 13.6 Å². The Hall–Kier alpha value is -3.03. The van der Waals surface area contributed by atoms with Crippen LogP contribution >= 0.6 is 0 Å². The second-order valence-electron chi connectivity index (χ2n) is 7.08. The van der Waals surface area contributed by atoms with Gasteiger partial charge in [0.25, 0.3) is 5.91 Å². The number of aryl methyl sites for hydroxylation is 1. The average Bonchev–Trinajstić information content (AvgIpc) is 3.27. The maximum absolute atomic E-state index is 13.5. The molecule has 0 unspecified atom stereocenters. The molecule has 1 amide bonds. The van der Waals surface area contributed by atoms with E-state index >= 15 is 0 Å². The molecule has 1 aromatic heterocycles. The van der Waals surface area contributed by atoms with Gasteiger partial charge in [0.15, 0.2) is 5.76 Å². The van der Waals surface area contributed by atoms with Gasteiger partial charge < -0.3 is 20.2 Å². The highest BCUT2D eigenvalue weighted by molar-refractivity contribution is 5.91. The molecule has 0 fully saturated rings. The molecule has 0 bridgehead atoms. The summed E-state index contributed by atoms with van der Waals surface area (Å²) in [4.78, 5) is 12.4. The van der Waals surface area contributed by atoms with Gasteiger partial charge in [-0.2, -0.15) is 0 Å². The van der Waals surface area contributed by atoms with Crippen molar-refractivity contribution in [3.8, 4) is 0 Å². The van der Waals surface area contributed by atoms with Crippen molar-refractivity contribution in [2.45, 2.75) is 32.4 Å². The van der Waals surface area contributed by atoms with Crippen LogP contribution in [0.4, 0.5) is 8.78 Å². The first-order valence-corrected chi connectivity index (χ1v) is 10.00. The SMILES string of the molecule is CO.Cc1cccc(CNCC[C@H](Cc2cc(F)cc(F)c2)NC(=O)c2ccco2)c1. The first-order valence-electron chi connectivity index (χ1n) is 10.00. The van der Waals surface area contributed by atoms with Crippen LogP contribution in [0.2, 0.25) is 0 Å². The molecule has 3 N–H and O–H groups in total. The molecule has 3 rings (SSSR count). The summed E-state index contributed by atoms with van der Waals surface area (Å²) >= 11 is 0. The molecule has 7 heteroatoms. The number of carbonyl (C=O) groups is 1. The monoisotopic (exact) mass is 430 g/mol. The number of benzene rings is 2. The smallest absolute Gasteiger partial charge is 0.287 e. The van der Waals surface area contributed by atoms with E-state index in [4.69, 9.17) is 9.52 Å². The summed E-state index contributed by atoms with van der Waals surface area (Å²) in [5.41, 5.74) is 2.86. The van der Waals surface area contributed by atoms with Gasteiger partial charge in [0.2, 0.25) is 0 Å². The van der Waals surface area contributed by atoms with Crippen LogP contribution in [0.5, 0.6) is 0 Å². The van der Waals surface area contributed by atoms with Gasteiger partial charge in [-0.1, -0.05) is 29.8 Å². The summed E-state index contributed by atoms with van der Waals surface area (Å²) in [5.74, 6) is -1.41. The van der Waals surface area contributed by atoms with Crippen LogP contribution in [0.25, 0.3) is 0 Å². The van der Waals surface area contributed by atoms with Crippen LogP contribution in [-0.2, 0) is 13.0 Å². The minimum atomic E-state index is -0.631. The molecule has 0 aliphatic heterocycles. The first kappa shape index (κ1) is 24.2. The molecule has 0 aliphatic carbocycles. The summed E-state index contributed by atoms with van der Waals surface area (Å²) in [5, 5.41) is 13.3. The lowest BCUT2D eigenvalue weighted by Gasteiger charge is -2.19. The van der Waals surface area contributed by atoms with Crippen molar-refractivity contribution in [2.75, 3.05) is 13.7 Å². The largest absolute Gasteiger partial charge is 0.459 e. The summed E-state index contributed by atoms with van der Waals surface area (Å²) in [7, 11) is 1.00. The Morgan fingerprint density at radius 2 is 1.77 bits per heavy atom. The van der Waals surface area contributed by atoms with Gasteiger partial charge in [0.05, 0.1) is 6.26 Å². The average molecular weight is 430 g/mol. The second kappa shape index (κ2) is 12.6. The molecule has 0 spiro atoms. The van der Waals surface area contributed by atoms with E-state index < -0.39 is 11.6 Å². The molecule has 1 heterocycles. The molecule has 0 aliphatic rings. The van der Waals surface area contributed by atoms with Crippen molar-refractivity contribution < 1.29 is 23.1 Å². The number of hydrogen-bond donors (Lipinski definition) is 3. The fraction of sp³-hybridized carbons (Fsp3) is 0.292. The predicted molar refractivity (Wildman–Crippen MR) is 116 cm³/mol. The highest BCUT2D eigenvalue weighted by Crippen LogP contribution is 2.12. The molecule has 5 nitrogen and oxygen atoms in total. The van der Waals surface area contributed by atoms with Crippen molar-refractivity contribution in [2.24, 2.45) is 0 Å². The molecule has 166 valence electrons. The zero-order valence-corrected chi connectivity index (χ0v) is 17.7. The van der Waals surface area contributed by atoms with E-state index in [0.717, 1.165) is 13.2 Å². The third kappa shape index (κ3) is 8.32. The number of aliphatic hydroxyl groups excluding tert-OH is 1. The van der Waals surface area contributed by atoms with Gasteiger partial charge in [-0.15, -0.1) is 0 Å². The van der Waals surface area contributed by atoms with Gasteiger partial charge >= 0.3 is 0 Å². The zero-order valence-electron chi connectivity index (χ0n) is 17.7. The van der Waals surface area contributed by atoms with Gasteiger partial charge in [-0.25, -0.2) is 8.78 Å². The lowest BCUT2D eigenvalue weighted by atomic mass is 10.0. The Labute approximate surface area is 181 Å². The molecule has 0 saturated carbocycles. The zero-order chi connectivity index (χ0) is 22.6. The van der Waals surface area contributed by atoms with Crippen LogP contribution in [-0.4, -0.2) is 30.7 Å². The Balaban J connectivity index is 0.00000166. The summed E-state index contributed by atoms with van der Waals surface area (Å²) in [6.07, 6.45) is 2.33. The van der Waals surface area contributed by atoms with Gasteiger partial charge in [-0.3, -0.25) is 4.79 Å². The van der Waals surface area contributed by atoms with Crippen LogP contribution in [0.3, 0.4) is 0 Å². The van der Waals surface area contributed by atoms with Crippen LogP contribution < -0.4 is 10.6 Å². The Kier molecular flexibility index (Phi) is 9.87. The summed E-state index contributed by atoms with van der Waals surface area (Å²) < 4.78 is 32.2. The number of carbonyl (C=O) groups excluding carboxylic acids is 1. The standard InChI is InChI=1S/C23H24F2N2O2.CH4O/c1-16-4-2-5-17(10-16)15-26-8-7-21(27-23(28)22-6-3-9-29-22)13-18-11-19(24)14-20(25)12-18;1-2/h2-6,9-12,14,21,26H,7-8,13,15H2,1H3,(H,27,28);2H,1H3/t21-;/m1./s1. The van der Waals surface area contributed by atoms with E-state index in [2.05, 4.69) is 16.7 Å². The van der Waals surface area contributed by atoms with Crippen molar-refractivity contribution in [3.05, 3.63) is 94.9 Å². The van der Waals surface area contributed by atoms with Gasteiger partial charge in [0.1, 0.15) is 11.6 Å². The Bertz CT molecular complexity index is 926. The first-order chi connectivity index (χ1) is 15.0. The van der Waals surface area contributed by atoms with Gasteiger partial charge in [0, 0.05) is 25.8 Å². The number of furan rings is 1. The predicted octanol–water partition coefficient (Wildman–Crippen LogP) is 4.00. The maximum atomic E-state index is 13.5. The van der Waals surface area contributed by atoms with Crippen LogP contribution in [0.15, 0.2) is 65.3 Å². The normalized spacial score (nSPS) is 11.4. The number of nitrogens with one attached hydrogen (secondary N) is 2. The highest BCUT2D eigenvalue weighted by Gasteiger charge is 2.17. The Morgan fingerprint density at radius 1 is 1.03 bits per heavy atom. The molecule has 2 aromatic carbocycles. The van der Waals surface area contributed by atoms with Crippen molar-refractivity contribution >= 4 is 5.91 Å².